The van der Waals surface area contributed by atoms with Crippen LogP contribution in [-0.4, -0.2) is 28.4 Å². The number of hydrogen-bond acceptors (Lipinski definition) is 3. The molecule has 0 aliphatic heterocycles. The highest BCUT2D eigenvalue weighted by atomic mass is 35.5. The van der Waals surface area contributed by atoms with E-state index in [1.807, 2.05) is 11.8 Å². The Balaban J connectivity index is 2.25. The van der Waals surface area contributed by atoms with Gasteiger partial charge in [-0.1, -0.05) is 24.4 Å². The van der Waals surface area contributed by atoms with Gasteiger partial charge in [0.05, 0.1) is 17.4 Å². The van der Waals surface area contributed by atoms with Gasteiger partial charge in [0.15, 0.2) is 0 Å². The number of aromatic nitrogens is 1. The Hall–Kier alpha value is -1.29. The van der Waals surface area contributed by atoms with E-state index in [-0.39, 0.29) is 5.91 Å². The number of rotatable bonds is 3. The highest BCUT2D eigenvalue weighted by Gasteiger charge is 2.27. The molecular formula is C13H18ClN3O. The fourth-order valence-corrected chi connectivity index (χ4v) is 2.72. The third kappa shape index (κ3) is 2.58. The third-order valence-corrected chi connectivity index (χ3v) is 3.71. The summed E-state index contributed by atoms with van der Waals surface area (Å²) in [6, 6.07) is 1.89. The first-order valence-corrected chi connectivity index (χ1v) is 6.73. The lowest BCUT2D eigenvalue weighted by molar-refractivity contribution is 0.0694. The molecule has 0 radical (unpaired) electrons. The molecule has 1 aromatic heterocycles. The molecule has 1 aliphatic carbocycles. The Bertz CT molecular complexity index is 444. The van der Waals surface area contributed by atoms with E-state index < -0.39 is 0 Å². The minimum absolute atomic E-state index is 0.0359. The average Bonchev–Trinajstić information content (AvgIpc) is 2.87. The third-order valence-electron chi connectivity index (χ3n) is 3.50. The topological polar surface area (TPSA) is 59.2 Å². The van der Waals surface area contributed by atoms with Gasteiger partial charge in [-0.3, -0.25) is 4.79 Å². The molecule has 2 N–H and O–H groups in total. The predicted molar refractivity (Wildman–Crippen MR) is 72.6 cm³/mol. The van der Waals surface area contributed by atoms with Crippen LogP contribution in [0.4, 0.5) is 5.69 Å². The molecular weight excluding hydrogens is 250 g/mol. The molecule has 2 rings (SSSR count). The highest BCUT2D eigenvalue weighted by Crippen LogP contribution is 2.26. The van der Waals surface area contributed by atoms with E-state index in [1.165, 1.54) is 19.0 Å². The normalized spacial score (nSPS) is 15.9. The van der Waals surface area contributed by atoms with Gasteiger partial charge in [0.2, 0.25) is 0 Å². The van der Waals surface area contributed by atoms with E-state index in [1.54, 1.807) is 6.07 Å². The van der Waals surface area contributed by atoms with E-state index in [9.17, 15) is 4.79 Å². The predicted octanol–water partition coefficient (Wildman–Crippen LogP) is 2.72. The van der Waals surface area contributed by atoms with Crippen molar-refractivity contribution in [3.63, 3.8) is 0 Å². The lowest BCUT2D eigenvalue weighted by atomic mass is 10.1. The SMILES string of the molecule is CCN(C(=O)c1cc(Cl)ncc1N)C1CCCC1. The Morgan fingerprint density at radius 1 is 1.56 bits per heavy atom. The van der Waals surface area contributed by atoms with Crippen molar-refractivity contribution in [2.45, 2.75) is 38.6 Å². The summed E-state index contributed by atoms with van der Waals surface area (Å²) in [6.45, 7) is 2.69. The van der Waals surface area contributed by atoms with Gasteiger partial charge in [0.25, 0.3) is 5.91 Å². The van der Waals surface area contributed by atoms with Crippen molar-refractivity contribution in [2.75, 3.05) is 12.3 Å². The minimum Gasteiger partial charge on any atom is -0.397 e. The van der Waals surface area contributed by atoms with Crippen molar-refractivity contribution >= 4 is 23.2 Å². The summed E-state index contributed by atoms with van der Waals surface area (Å²) >= 11 is 5.83. The van der Waals surface area contributed by atoms with Crippen LogP contribution in [-0.2, 0) is 0 Å². The Labute approximate surface area is 112 Å². The van der Waals surface area contributed by atoms with Gasteiger partial charge in [-0.2, -0.15) is 0 Å². The van der Waals surface area contributed by atoms with Crippen molar-refractivity contribution in [2.24, 2.45) is 0 Å². The first-order valence-electron chi connectivity index (χ1n) is 6.35. The second-order valence-electron chi connectivity index (χ2n) is 4.62. The molecule has 18 heavy (non-hydrogen) atoms. The molecule has 0 bridgehead atoms. The van der Waals surface area contributed by atoms with Crippen molar-refractivity contribution in [3.8, 4) is 0 Å². The first kappa shape index (κ1) is 13.1. The van der Waals surface area contributed by atoms with E-state index in [0.717, 1.165) is 12.8 Å². The van der Waals surface area contributed by atoms with Crippen LogP contribution in [0.15, 0.2) is 12.3 Å². The minimum atomic E-state index is -0.0359. The van der Waals surface area contributed by atoms with Crippen LogP contribution < -0.4 is 5.73 Å². The monoisotopic (exact) mass is 267 g/mol. The summed E-state index contributed by atoms with van der Waals surface area (Å²) in [7, 11) is 0. The molecule has 5 heteroatoms. The van der Waals surface area contributed by atoms with E-state index in [4.69, 9.17) is 17.3 Å². The number of pyridine rings is 1. The van der Waals surface area contributed by atoms with Crippen LogP contribution in [0.1, 0.15) is 43.0 Å². The number of nitrogens with zero attached hydrogens (tertiary/aromatic N) is 2. The van der Waals surface area contributed by atoms with Crippen molar-refractivity contribution in [3.05, 3.63) is 23.0 Å². The van der Waals surface area contributed by atoms with Gasteiger partial charge >= 0.3 is 0 Å². The van der Waals surface area contributed by atoms with E-state index in [2.05, 4.69) is 4.98 Å². The smallest absolute Gasteiger partial charge is 0.256 e. The number of nitrogen functional groups attached to an aromatic ring is 1. The maximum absolute atomic E-state index is 12.5. The zero-order valence-corrected chi connectivity index (χ0v) is 11.3. The molecule has 1 aliphatic rings. The molecule has 1 fully saturated rings. The molecule has 0 saturated heterocycles. The van der Waals surface area contributed by atoms with Gasteiger partial charge in [-0.05, 0) is 25.8 Å². The number of carbonyl (C=O) groups excluding carboxylic acids is 1. The molecule has 1 saturated carbocycles. The highest BCUT2D eigenvalue weighted by molar-refractivity contribution is 6.29. The Kier molecular flexibility index (Phi) is 4.07. The van der Waals surface area contributed by atoms with Crippen LogP contribution in [0.25, 0.3) is 0 Å². The lowest BCUT2D eigenvalue weighted by Crippen LogP contribution is -2.39. The Morgan fingerprint density at radius 2 is 2.22 bits per heavy atom. The van der Waals surface area contributed by atoms with Crippen LogP contribution in [0, 0.1) is 0 Å². The summed E-state index contributed by atoms with van der Waals surface area (Å²) in [5, 5.41) is 0.301. The van der Waals surface area contributed by atoms with E-state index >= 15 is 0 Å². The summed E-state index contributed by atoms with van der Waals surface area (Å²) in [5.74, 6) is -0.0359. The molecule has 1 heterocycles. The van der Waals surface area contributed by atoms with Crippen LogP contribution in [0.3, 0.4) is 0 Å². The Morgan fingerprint density at radius 3 is 2.83 bits per heavy atom. The lowest BCUT2D eigenvalue weighted by Gasteiger charge is -2.28. The van der Waals surface area contributed by atoms with Crippen molar-refractivity contribution < 1.29 is 4.79 Å². The average molecular weight is 268 g/mol. The maximum atomic E-state index is 12.5. The molecule has 1 aromatic rings. The molecule has 0 atom stereocenters. The van der Waals surface area contributed by atoms with Gasteiger partial charge < -0.3 is 10.6 Å². The first-order chi connectivity index (χ1) is 8.63. The molecule has 0 spiro atoms. The summed E-state index contributed by atoms with van der Waals surface area (Å²) in [4.78, 5) is 18.3. The molecule has 4 nitrogen and oxygen atoms in total. The summed E-state index contributed by atoms with van der Waals surface area (Å²) in [6.07, 6.45) is 6.00. The van der Waals surface area contributed by atoms with Gasteiger partial charge in [0, 0.05) is 12.6 Å². The van der Waals surface area contributed by atoms with E-state index in [0.29, 0.717) is 29.0 Å². The zero-order chi connectivity index (χ0) is 13.1. The fraction of sp³-hybridized carbons (Fsp3) is 0.538. The number of amides is 1. The number of nitrogens with two attached hydrogens (primary N) is 1. The van der Waals surface area contributed by atoms with Crippen LogP contribution >= 0.6 is 11.6 Å². The molecule has 1 amide bonds. The van der Waals surface area contributed by atoms with Gasteiger partial charge in [0.1, 0.15) is 5.15 Å². The number of carbonyl (C=O) groups is 1. The van der Waals surface area contributed by atoms with Crippen molar-refractivity contribution in [1.82, 2.24) is 9.88 Å². The maximum Gasteiger partial charge on any atom is 0.256 e. The largest absolute Gasteiger partial charge is 0.397 e. The molecule has 98 valence electrons. The fourth-order valence-electron chi connectivity index (χ4n) is 2.56. The number of halogens is 1. The zero-order valence-electron chi connectivity index (χ0n) is 10.5. The van der Waals surface area contributed by atoms with Gasteiger partial charge in [-0.15, -0.1) is 0 Å². The molecule has 0 unspecified atom stereocenters. The van der Waals surface area contributed by atoms with Gasteiger partial charge in [-0.25, -0.2) is 4.98 Å². The van der Waals surface area contributed by atoms with Crippen molar-refractivity contribution in [1.29, 1.82) is 0 Å². The summed E-state index contributed by atoms with van der Waals surface area (Å²) < 4.78 is 0. The molecule has 0 aromatic carbocycles. The summed E-state index contributed by atoms with van der Waals surface area (Å²) in [5.41, 5.74) is 6.66. The van der Waals surface area contributed by atoms with Crippen LogP contribution in [0.5, 0.6) is 0 Å². The quantitative estimate of drug-likeness (QED) is 0.857. The number of hydrogen-bond donors (Lipinski definition) is 1. The number of anilines is 1. The standard InChI is InChI=1S/C13H18ClN3O/c1-2-17(9-5-3-4-6-9)13(18)10-7-12(14)16-8-11(10)15/h7-9H,2-6,15H2,1H3. The second-order valence-corrected chi connectivity index (χ2v) is 5.01. The second kappa shape index (κ2) is 5.57. The van der Waals surface area contributed by atoms with Crippen LogP contribution in [0.2, 0.25) is 5.15 Å².